The number of hydrazone groups is 1. The lowest BCUT2D eigenvalue weighted by Gasteiger charge is -2.23. The number of thioether (sulfide) groups is 1. The topological polar surface area (TPSA) is 92.6 Å². The Morgan fingerprint density at radius 2 is 1.74 bits per heavy atom. The van der Waals surface area contributed by atoms with Gasteiger partial charge in [0.15, 0.2) is 5.17 Å². The maximum atomic E-state index is 12.8. The number of hydrogen-bond donors (Lipinski definition) is 1. The van der Waals surface area contributed by atoms with Gasteiger partial charge in [-0.2, -0.15) is 10.1 Å². The van der Waals surface area contributed by atoms with E-state index in [0.717, 1.165) is 28.3 Å². The van der Waals surface area contributed by atoms with Crippen LogP contribution in [0.1, 0.15) is 36.9 Å². The molecule has 38 heavy (non-hydrogen) atoms. The first kappa shape index (κ1) is 25.5. The van der Waals surface area contributed by atoms with E-state index in [9.17, 15) is 9.59 Å². The van der Waals surface area contributed by atoms with Crippen LogP contribution < -0.4 is 14.8 Å². The second-order valence-corrected chi connectivity index (χ2v) is 9.97. The number of nitrogens with zero attached hydrogens (tertiary/aromatic N) is 3. The Balaban J connectivity index is 1.30. The van der Waals surface area contributed by atoms with Crippen LogP contribution in [0.15, 0.2) is 89.0 Å². The highest BCUT2D eigenvalue weighted by Gasteiger charge is 2.39. The van der Waals surface area contributed by atoms with Gasteiger partial charge in [0, 0.05) is 18.5 Å². The zero-order chi connectivity index (χ0) is 26.5. The Kier molecular flexibility index (Phi) is 7.74. The van der Waals surface area contributed by atoms with Crippen molar-refractivity contribution in [2.45, 2.75) is 31.1 Å². The maximum absolute atomic E-state index is 12.8. The molecule has 8 nitrogen and oxygen atoms in total. The smallest absolute Gasteiger partial charge is 0.262 e. The third-order valence-electron chi connectivity index (χ3n) is 6.26. The fourth-order valence-electron chi connectivity index (χ4n) is 4.36. The van der Waals surface area contributed by atoms with E-state index in [4.69, 9.17) is 14.6 Å². The number of amides is 2. The Morgan fingerprint density at radius 3 is 2.42 bits per heavy atom. The molecular weight excluding hydrogens is 500 g/mol. The summed E-state index contributed by atoms with van der Waals surface area (Å²) in [5.41, 5.74) is 3.62. The molecule has 2 aliphatic rings. The van der Waals surface area contributed by atoms with Crippen molar-refractivity contribution in [3.05, 3.63) is 90.0 Å². The molecule has 0 spiro atoms. The standard InChI is InChI=1S/C29H28N4O4S/c1-3-37-23-15-11-21(12-16-23)30-27(34)18-26-28(35)31-29(38-26)33-25(20-9-13-22(36-2)14-10-20)17-24(32-33)19-7-5-4-6-8-19/h4-16,25-26H,3,17-18H2,1-2H3,(H,30,34)/t25-,26-/m1/s1. The first-order valence-corrected chi connectivity index (χ1v) is 13.3. The molecule has 0 saturated heterocycles. The lowest BCUT2D eigenvalue weighted by molar-refractivity contribution is -0.121. The summed E-state index contributed by atoms with van der Waals surface area (Å²) in [4.78, 5) is 29.9. The van der Waals surface area contributed by atoms with Crippen LogP contribution in [0.3, 0.4) is 0 Å². The number of anilines is 1. The quantitative estimate of drug-likeness (QED) is 0.428. The zero-order valence-corrected chi connectivity index (χ0v) is 22.0. The van der Waals surface area contributed by atoms with E-state index in [1.165, 1.54) is 11.8 Å². The molecule has 0 bridgehead atoms. The second kappa shape index (κ2) is 11.5. The third-order valence-corrected chi connectivity index (χ3v) is 7.40. The molecular formula is C29H28N4O4S. The number of benzene rings is 3. The number of carbonyl (C=O) groups excluding carboxylic acids is 2. The molecule has 3 aromatic rings. The normalized spacial score (nSPS) is 18.7. The summed E-state index contributed by atoms with van der Waals surface area (Å²) >= 11 is 1.28. The van der Waals surface area contributed by atoms with E-state index in [2.05, 4.69) is 10.3 Å². The molecule has 2 heterocycles. The number of aliphatic imine (C=N–C) groups is 1. The molecule has 0 fully saturated rings. The fraction of sp³-hybridized carbons (Fsp3) is 0.241. The van der Waals surface area contributed by atoms with Gasteiger partial charge in [-0.05, 0) is 54.4 Å². The number of hydrogen-bond acceptors (Lipinski definition) is 7. The van der Waals surface area contributed by atoms with Gasteiger partial charge in [-0.15, -0.1) is 0 Å². The number of amidine groups is 1. The molecule has 2 atom stereocenters. The van der Waals surface area contributed by atoms with Crippen LogP contribution in [0.25, 0.3) is 0 Å². The van der Waals surface area contributed by atoms with Crippen molar-refractivity contribution < 1.29 is 19.1 Å². The summed E-state index contributed by atoms with van der Waals surface area (Å²) in [6.45, 7) is 2.49. The molecule has 0 radical (unpaired) electrons. The Hall–Kier alpha value is -4.11. The van der Waals surface area contributed by atoms with Gasteiger partial charge in [0.1, 0.15) is 16.7 Å². The van der Waals surface area contributed by atoms with Crippen LogP contribution in [-0.4, -0.2) is 46.7 Å². The van der Waals surface area contributed by atoms with Gasteiger partial charge in [0.2, 0.25) is 5.91 Å². The van der Waals surface area contributed by atoms with E-state index in [1.54, 1.807) is 31.4 Å². The average Bonchev–Trinajstić information content (AvgIpc) is 3.54. The van der Waals surface area contributed by atoms with Crippen molar-refractivity contribution in [1.82, 2.24) is 5.01 Å². The summed E-state index contributed by atoms with van der Waals surface area (Å²) in [6, 6.07) is 24.8. The molecule has 1 N–H and O–H groups in total. The van der Waals surface area contributed by atoms with Gasteiger partial charge in [0.25, 0.3) is 5.91 Å². The summed E-state index contributed by atoms with van der Waals surface area (Å²) in [5, 5.41) is 9.44. The molecule has 0 aromatic heterocycles. The molecule has 2 amide bonds. The highest BCUT2D eigenvalue weighted by molar-refractivity contribution is 8.15. The van der Waals surface area contributed by atoms with Crippen LogP contribution in [0, 0.1) is 0 Å². The molecule has 2 aliphatic heterocycles. The second-order valence-electron chi connectivity index (χ2n) is 8.80. The Labute approximate surface area is 225 Å². The van der Waals surface area contributed by atoms with Crippen LogP contribution in [-0.2, 0) is 9.59 Å². The number of methoxy groups -OCH3 is 1. The van der Waals surface area contributed by atoms with Crippen LogP contribution in [0.5, 0.6) is 11.5 Å². The van der Waals surface area contributed by atoms with Crippen molar-refractivity contribution in [2.24, 2.45) is 10.1 Å². The highest BCUT2D eigenvalue weighted by Crippen LogP contribution is 2.39. The first-order chi connectivity index (χ1) is 18.5. The predicted molar refractivity (Wildman–Crippen MR) is 150 cm³/mol. The zero-order valence-electron chi connectivity index (χ0n) is 21.2. The van der Waals surface area contributed by atoms with Crippen molar-refractivity contribution >= 4 is 40.1 Å². The van der Waals surface area contributed by atoms with E-state index in [0.29, 0.717) is 23.9 Å². The largest absolute Gasteiger partial charge is 0.497 e. The number of rotatable bonds is 8. The van der Waals surface area contributed by atoms with Gasteiger partial charge >= 0.3 is 0 Å². The minimum atomic E-state index is -0.611. The first-order valence-electron chi connectivity index (χ1n) is 12.4. The van der Waals surface area contributed by atoms with Gasteiger partial charge in [-0.25, -0.2) is 5.01 Å². The van der Waals surface area contributed by atoms with Crippen molar-refractivity contribution in [3.8, 4) is 11.5 Å². The molecule has 9 heteroatoms. The van der Waals surface area contributed by atoms with Gasteiger partial charge in [-0.3, -0.25) is 9.59 Å². The van der Waals surface area contributed by atoms with Gasteiger partial charge in [-0.1, -0.05) is 54.2 Å². The summed E-state index contributed by atoms with van der Waals surface area (Å²) < 4.78 is 10.8. The van der Waals surface area contributed by atoms with Crippen molar-refractivity contribution in [1.29, 1.82) is 0 Å². The monoisotopic (exact) mass is 528 g/mol. The molecule has 5 rings (SSSR count). The SMILES string of the molecule is CCOc1ccc(NC(=O)C[C@H]2SC(N3N=C(c4ccccc4)C[C@@H]3c3ccc(OC)cc3)=NC2=O)cc1. The third kappa shape index (κ3) is 5.73. The number of ether oxygens (including phenoxy) is 2. The van der Waals surface area contributed by atoms with E-state index in [-0.39, 0.29) is 24.3 Å². The molecule has 0 aliphatic carbocycles. The number of nitrogens with one attached hydrogen (secondary N) is 1. The summed E-state index contributed by atoms with van der Waals surface area (Å²) in [6.07, 6.45) is 0.674. The Morgan fingerprint density at radius 1 is 1.03 bits per heavy atom. The van der Waals surface area contributed by atoms with E-state index < -0.39 is 5.25 Å². The summed E-state index contributed by atoms with van der Waals surface area (Å²) in [7, 11) is 1.63. The van der Waals surface area contributed by atoms with Gasteiger partial charge in [0.05, 0.1) is 25.5 Å². The summed E-state index contributed by atoms with van der Waals surface area (Å²) in [5.74, 6) is 0.920. The van der Waals surface area contributed by atoms with Gasteiger partial charge < -0.3 is 14.8 Å². The maximum Gasteiger partial charge on any atom is 0.262 e. The van der Waals surface area contributed by atoms with Crippen molar-refractivity contribution in [3.63, 3.8) is 0 Å². The fourth-order valence-corrected chi connectivity index (χ4v) is 5.42. The molecule has 0 unspecified atom stereocenters. The molecule has 0 saturated carbocycles. The van der Waals surface area contributed by atoms with Crippen LogP contribution in [0.4, 0.5) is 5.69 Å². The Bertz CT molecular complexity index is 1360. The lowest BCUT2D eigenvalue weighted by atomic mass is 9.98. The lowest BCUT2D eigenvalue weighted by Crippen LogP contribution is -2.25. The van der Waals surface area contributed by atoms with Crippen molar-refractivity contribution in [2.75, 3.05) is 19.0 Å². The minimum absolute atomic E-state index is 0.0139. The average molecular weight is 529 g/mol. The van der Waals surface area contributed by atoms with Crippen LogP contribution in [0.2, 0.25) is 0 Å². The molecule has 194 valence electrons. The van der Waals surface area contributed by atoms with Crippen LogP contribution >= 0.6 is 11.8 Å². The van der Waals surface area contributed by atoms with E-state index >= 15 is 0 Å². The molecule has 3 aromatic carbocycles. The minimum Gasteiger partial charge on any atom is -0.497 e. The van der Waals surface area contributed by atoms with E-state index in [1.807, 2.05) is 66.5 Å². The predicted octanol–water partition coefficient (Wildman–Crippen LogP) is 5.27. The highest BCUT2D eigenvalue weighted by atomic mass is 32.2. The number of carbonyl (C=O) groups is 2.